The van der Waals surface area contributed by atoms with E-state index in [9.17, 15) is 18.0 Å². The summed E-state index contributed by atoms with van der Waals surface area (Å²) in [6.07, 6.45) is -6.22. The molecule has 1 heterocycles. The van der Waals surface area contributed by atoms with Crippen molar-refractivity contribution in [1.29, 1.82) is 0 Å². The van der Waals surface area contributed by atoms with Gasteiger partial charge in [0, 0.05) is 5.56 Å². The maximum atomic E-state index is 13.0. The van der Waals surface area contributed by atoms with Crippen molar-refractivity contribution in [2.45, 2.75) is 26.1 Å². The van der Waals surface area contributed by atoms with E-state index in [2.05, 4.69) is 10.5 Å². The van der Waals surface area contributed by atoms with Crippen molar-refractivity contribution in [1.82, 2.24) is 5.16 Å². The van der Waals surface area contributed by atoms with Crippen molar-refractivity contribution in [3.05, 3.63) is 95.7 Å². The average Bonchev–Trinajstić information content (AvgIpc) is 3.19. The van der Waals surface area contributed by atoms with Gasteiger partial charge in [-0.1, -0.05) is 71.9 Å². The van der Waals surface area contributed by atoms with Gasteiger partial charge in [-0.2, -0.15) is 13.2 Å². The van der Waals surface area contributed by atoms with Crippen LogP contribution in [0.5, 0.6) is 0 Å². The lowest BCUT2D eigenvalue weighted by Gasteiger charge is -2.16. The summed E-state index contributed by atoms with van der Waals surface area (Å²) in [5.74, 6) is 0.348. The van der Waals surface area contributed by atoms with Crippen LogP contribution in [-0.2, 0) is 10.9 Å². The number of carbonyl (C=O) groups is 1. The highest BCUT2D eigenvalue weighted by molar-refractivity contribution is 5.91. The van der Waals surface area contributed by atoms with Crippen molar-refractivity contribution < 1.29 is 27.2 Å². The molecule has 5 nitrogen and oxygen atoms in total. The van der Waals surface area contributed by atoms with Gasteiger partial charge in [-0.15, -0.1) is 0 Å². The summed E-state index contributed by atoms with van der Waals surface area (Å²) in [5.41, 5.74) is 2.96. The Morgan fingerprint density at radius 2 is 1.59 bits per heavy atom. The molecule has 0 bridgehead atoms. The number of hydrogen-bond donors (Lipinski definition) is 1. The lowest BCUT2D eigenvalue weighted by molar-refractivity contribution is -0.137. The van der Waals surface area contributed by atoms with Gasteiger partial charge in [0.2, 0.25) is 0 Å². The van der Waals surface area contributed by atoms with E-state index in [4.69, 9.17) is 9.26 Å². The number of alkyl halides is 3. The van der Waals surface area contributed by atoms with Crippen LogP contribution in [0.1, 0.15) is 29.8 Å². The highest BCUT2D eigenvalue weighted by Crippen LogP contribution is 2.34. The standard InChI is InChI=1S/C26H21F3N2O3/c1-16-23(30-25(32)33-17(2)21-9-6-10-22(15-21)26(27,28)29)24(34-31-16)20-13-11-19(12-14-20)18-7-4-3-5-8-18/h3-15,17H,1-2H3,(H,30,32). The number of ether oxygens (including phenoxy) is 1. The van der Waals surface area contributed by atoms with Crippen LogP contribution in [0.4, 0.5) is 23.7 Å². The molecule has 4 rings (SSSR count). The highest BCUT2D eigenvalue weighted by Gasteiger charge is 2.31. The minimum absolute atomic E-state index is 0.226. The van der Waals surface area contributed by atoms with Crippen LogP contribution in [0.25, 0.3) is 22.5 Å². The molecule has 0 aliphatic rings. The smallest absolute Gasteiger partial charge is 0.416 e. The van der Waals surface area contributed by atoms with Crippen molar-refractivity contribution >= 4 is 11.8 Å². The second-order valence-corrected chi connectivity index (χ2v) is 7.71. The van der Waals surface area contributed by atoms with E-state index in [1.165, 1.54) is 19.1 Å². The average molecular weight is 466 g/mol. The summed E-state index contributed by atoms with van der Waals surface area (Å²) in [6, 6.07) is 22.1. The third kappa shape index (κ3) is 5.11. The maximum Gasteiger partial charge on any atom is 0.416 e. The minimum Gasteiger partial charge on any atom is -0.441 e. The van der Waals surface area contributed by atoms with Gasteiger partial charge in [0.15, 0.2) is 5.76 Å². The fourth-order valence-corrected chi connectivity index (χ4v) is 3.49. The topological polar surface area (TPSA) is 64.4 Å². The Bertz CT molecular complexity index is 1280. The Kier molecular flexibility index (Phi) is 6.40. The van der Waals surface area contributed by atoms with Gasteiger partial charge in [0.25, 0.3) is 0 Å². The van der Waals surface area contributed by atoms with Crippen LogP contribution >= 0.6 is 0 Å². The predicted molar refractivity (Wildman–Crippen MR) is 122 cm³/mol. The van der Waals surface area contributed by atoms with Crippen LogP contribution in [-0.4, -0.2) is 11.2 Å². The van der Waals surface area contributed by atoms with E-state index >= 15 is 0 Å². The van der Waals surface area contributed by atoms with E-state index < -0.39 is 23.9 Å². The Labute approximate surface area is 194 Å². The van der Waals surface area contributed by atoms with Crippen LogP contribution < -0.4 is 5.32 Å². The quantitative estimate of drug-likeness (QED) is 0.328. The Morgan fingerprint density at radius 3 is 2.26 bits per heavy atom. The van der Waals surface area contributed by atoms with Gasteiger partial charge in [0.1, 0.15) is 17.5 Å². The van der Waals surface area contributed by atoms with Crippen molar-refractivity contribution in [2.75, 3.05) is 5.32 Å². The molecular weight excluding hydrogens is 445 g/mol. The van der Waals surface area contributed by atoms with Gasteiger partial charge in [0.05, 0.1) is 5.56 Å². The molecule has 0 saturated heterocycles. The Morgan fingerprint density at radius 1 is 0.941 bits per heavy atom. The molecule has 8 heteroatoms. The Balaban J connectivity index is 1.49. The second-order valence-electron chi connectivity index (χ2n) is 7.71. The molecule has 1 N–H and O–H groups in total. The largest absolute Gasteiger partial charge is 0.441 e. The highest BCUT2D eigenvalue weighted by atomic mass is 19.4. The van der Waals surface area contributed by atoms with Crippen molar-refractivity contribution in [3.63, 3.8) is 0 Å². The van der Waals surface area contributed by atoms with Crippen molar-refractivity contribution in [2.24, 2.45) is 0 Å². The Hall–Kier alpha value is -4.07. The molecule has 1 amide bonds. The molecule has 1 unspecified atom stereocenters. The van der Waals surface area contributed by atoms with Gasteiger partial charge < -0.3 is 9.26 Å². The fraction of sp³-hybridized carbons (Fsp3) is 0.154. The van der Waals surface area contributed by atoms with Gasteiger partial charge in [-0.25, -0.2) is 4.79 Å². The number of anilines is 1. The summed E-state index contributed by atoms with van der Waals surface area (Å²) in [4.78, 5) is 12.5. The summed E-state index contributed by atoms with van der Waals surface area (Å²) < 4.78 is 49.7. The molecule has 0 fully saturated rings. The molecule has 0 aliphatic carbocycles. The SMILES string of the molecule is Cc1noc(-c2ccc(-c3ccccc3)cc2)c1NC(=O)OC(C)c1cccc(C(F)(F)F)c1. The zero-order valence-corrected chi connectivity index (χ0v) is 18.4. The zero-order valence-electron chi connectivity index (χ0n) is 18.4. The van der Waals surface area contributed by atoms with E-state index in [1.54, 1.807) is 6.92 Å². The molecule has 4 aromatic rings. The fourth-order valence-electron chi connectivity index (χ4n) is 3.49. The summed E-state index contributed by atoms with van der Waals surface area (Å²) in [5, 5.41) is 6.54. The summed E-state index contributed by atoms with van der Waals surface area (Å²) in [6.45, 7) is 3.16. The third-order valence-corrected chi connectivity index (χ3v) is 5.31. The van der Waals surface area contributed by atoms with E-state index in [1.807, 2.05) is 54.6 Å². The predicted octanol–water partition coefficient (Wildman–Crippen LogP) is 7.65. The third-order valence-electron chi connectivity index (χ3n) is 5.31. The summed E-state index contributed by atoms with van der Waals surface area (Å²) >= 11 is 0. The first-order valence-corrected chi connectivity index (χ1v) is 10.5. The molecule has 0 radical (unpaired) electrons. The molecule has 1 atom stereocenters. The number of benzene rings is 3. The number of nitrogens with one attached hydrogen (secondary N) is 1. The van der Waals surface area contributed by atoms with Crippen LogP contribution in [0.15, 0.2) is 83.4 Å². The number of halogens is 3. The second kappa shape index (κ2) is 9.43. The molecule has 3 aromatic carbocycles. The van der Waals surface area contributed by atoms with Crippen LogP contribution in [0.3, 0.4) is 0 Å². The first kappa shape index (κ1) is 23.1. The molecule has 34 heavy (non-hydrogen) atoms. The molecular formula is C26H21F3N2O3. The zero-order chi connectivity index (χ0) is 24.3. The first-order valence-electron chi connectivity index (χ1n) is 10.5. The number of amides is 1. The van der Waals surface area contributed by atoms with Gasteiger partial charge >= 0.3 is 12.3 Å². The van der Waals surface area contributed by atoms with Crippen LogP contribution in [0.2, 0.25) is 0 Å². The number of carbonyl (C=O) groups excluding carboxylic acids is 1. The molecule has 0 saturated carbocycles. The monoisotopic (exact) mass is 466 g/mol. The maximum absolute atomic E-state index is 13.0. The van der Waals surface area contributed by atoms with Crippen molar-refractivity contribution in [3.8, 4) is 22.5 Å². The van der Waals surface area contributed by atoms with Crippen LogP contribution in [0, 0.1) is 6.92 Å². The number of hydrogen-bond acceptors (Lipinski definition) is 4. The first-order chi connectivity index (χ1) is 16.2. The lowest BCUT2D eigenvalue weighted by Crippen LogP contribution is -2.17. The molecule has 0 spiro atoms. The lowest BCUT2D eigenvalue weighted by atomic mass is 10.0. The van der Waals surface area contributed by atoms with E-state index in [0.29, 0.717) is 22.7 Å². The number of aryl methyl sites for hydroxylation is 1. The number of rotatable bonds is 5. The van der Waals surface area contributed by atoms with Gasteiger partial charge in [-0.05, 0) is 42.7 Å². The normalized spacial score (nSPS) is 12.3. The van der Waals surface area contributed by atoms with Gasteiger partial charge in [-0.3, -0.25) is 5.32 Å². The molecule has 174 valence electrons. The molecule has 1 aromatic heterocycles. The van der Waals surface area contributed by atoms with E-state index in [0.717, 1.165) is 23.3 Å². The number of aromatic nitrogens is 1. The summed E-state index contributed by atoms with van der Waals surface area (Å²) in [7, 11) is 0. The molecule has 0 aliphatic heterocycles. The van der Waals surface area contributed by atoms with E-state index in [-0.39, 0.29) is 5.56 Å². The minimum atomic E-state index is -4.48. The number of nitrogens with zero attached hydrogens (tertiary/aromatic N) is 1.